The molecule has 0 unspecified atom stereocenters. The second-order valence-corrected chi connectivity index (χ2v) is 3.31. The Bertz CT molecular complexity index is 207. The van der Waals surface area contributed by atoms with Crippen LogP contribution in [-0.4, -0.2) is 30.4 Å². The SMILES string of the molecule is C#CCN(C)C(=O)[C@@H](N)[C@@H](C)CC. The van der Waals surface area contributed by atoms with Crippen molar-refractivity contribution in [3.05, 3.63) is 0 Å². The number of rotatable bonds is 4. The van der Waals surface area contributed by atoms with Crippen LogP contribution in [0.25, 0.3) is 0 Å². The molecule has 0 heterocycles. The van der Waals surface area contributed by atoms with Crippen molar-refractivity contribution in [1.29, 1.82) is 0 Å². The molecule has 0 rings (SSSR count). The summed E-state index contributed by atoms with van der Waals surface area (Å²) < 4.78 is 0. The van der Waals surface area contributed by atoms with Crippen molar-refractivity contribution in [2.75, 3.05) is 13.6 Å². The molecule has 2 N–H and O–H groups in total. The molecule has 0 saturated carbocycles. The number of likely N-dealkylation sites (N-methyl/N-ethyl adjacent to an activating group) is 1. The number of nitrogens with two attached hydrogens (primary N) is 1. The third kappa shape index (κ3) is 3.47. The Balaban J connectivity index is 4.18. The molecular weight excluding hydrogens is 164 g/mol. The van der Waals surface area contributed by atoms with E-state index in [2.05, 4.69) is 5.92 Å². The fraction of sp³-hybridized carbons (Fsp3) is 0.700. The van der Waals surface area contributed by atoms with E-state index in [0.29, 0.717) is 6.54 Å². The molecule has 13 heavy (non-hydrogen) atoms. The van der Waals surface area contributed by atoms with Gasteiger partial charge in [-0.25, -0.2) is 0 Å². The van der Waals surface area contributed by atoms with Crippen LogP contribution in [0.4, 0.5) is 0 Å². The van der Waals surface area contributed by atoms with E-state index in [-0.39, 0.29) is 11.8 Å². The van der Waals surface area contributed by atoms with Gasteiger partial charge in [-0.15, -0.1) is 6.42 Å². The van der Waals surface area contributed by atoms with Crippen LogP contribution >= 0.6 is 0 Å². The third-order valence-electron chi connectivity index (χ3n) is 2.25. The molecule has 0 aliphatic heterocycles. The van der Waals surface area contributed by atoms with Crippen LogP contribution in [0.15, 0.2) is 0 Å². The Morgan fingerprint density at radius 2 is 2.23 bits per heavy atom. The Morgan fingerprint density at radius 3 is 2.62 bits per heavy atom. The van der Waals surface area contributed by atoms with Gasteiger partial charge in [-0.2, -0.15) is 0 Å². The van der Waals surface area contributed by atoms with E-state index in [0.717, 1.165) is 6.42 Å². The molecule has 3 heteroatoms. The maximum atomic E-state index is 11.5. The van der Waals surface area contributed by atoms with Crippen LogP contribution in [0.5, 0.6) is 0 Å². The van der Waals surface area contributed by atoms with Crippen LogP contribution in [0.1, 0.15) is 20.3 Å². The Morgan fingerprint density at radius 1 is 1.69 bits per heavy atom. The molecule has 0 aliphatic rings. The van der Waals surface area contributed by atoms with E-state index in [1.165, 1.54) is 4.90 Å². The first-order valence-electron chi connectivity index (χ1n) is 4.48. The van der Waals surface area contributed by atoms with E-state index in [1.807, 2.05) is 13.8 Å². The summed E-state index contributed by atoms with van der Waals surface area (Å²) in [7, 11) is 1.67. The van der Waals surface area contributed by atoms with Gasteiger partial charge in [0.2, 0.25) is 5.91 Å². The molecule has 0 aromatic heterocycles. The topological polar surface area (TPSA) is 46.3 Å². The van der Waals surface area contributed by atoms with Gasteiger partial charge in [0.05, 0.1) is 12.6 Å². The van der Waals surface area contributed by atoms with Crippen molar-refractivity contribution in [3.63, 3.8) is 0 Å². The summed E-state index contributed by atoms with van der Waals surface area (Å²) in [6, 6.07) is -0.427. The van der Waals surface area contributed by atoms with Crippen LogP contribution < -0.4 is 5.73 Å². The van der Waals surface area contributed by atoms with Gasteiger partial charge in [-0.3, -0.25) is 4.79 Å². The Hall–Kier alpha value is -1.01. The van der Waals surface area contributed by atoms with Crippen molar-refractivity contribution >= 4 is 5.91 Å². The summed E-state index contributed by atoms with van der Waals surface area (Å²) in [5.74, 6) is 2.53. The van der Waals surface area contributed by atoms with E-state index in [9.17, 15) is 4.79 Å². The molecular formula is C10H18N2O. The lowest BCUT2D eigenvalue weighted by molar-refractivity contribution is -0.131. The first-order chi connectivity index (χ1) is 6.04. The normalized spacial score (nSPS) is 14.4. The standard InChI is InChI=1S/C10H18N2O/c1-5-7-12(4)10(13)9(11)8(3)6-2/h1,8-9H,6-7,11H2,2-4H3/t8-,9-/m0/s1. The third-order valence-corrected chi connectivity index (χ3v) is 2.25. The number of hydrogen-bond acceptors (Lipinski definition) is 2. The van der Waals surface area contributed by atoms with Gasteiger partial charge in [-0.1, -0.05) is 26.2 Å². The Kier molecular flexibility index (Phi) is 5.17. The van der Waals surface area contributed by atoms with E-state index in [4.69, 9.17) is 12.2 Å². The van der Waals surface area contributed by atoms with Crippen molar-refractivity contribution in [2.24, 2.45) is 11.7 Å². The van der Waals surface area contributed by atoms with E-state index >= 15 is 0 Å². The Labute approximate surface area is 80.3 Å². The lowest BCUT2D eigenvalue weighted by atomic mass is 9.99. The fourth-order valence-corrected chi connectivity index (χ4v) is 0.967. The highest BCUT2D eigenvalue weighted by atomic mass is 16.2. The molecule has 74 valence electrons. The lowest BCUT2D eigenvalue weighted by Crippen LogP contribution is -2.45. The van der Waals surface area contributed by atoms with E-state index < -0.39 is 6.04 Å². The summed E-state index contributed by atoms with van der Waals surface area (Å²) >= 11 is 0. The van der Waals surface area contributed by atoms with Crippen molar-refractivity contribution < 1.29 is 4.79 Å². The maximum Gasteiger partial charge on any atom is 0.240 e. The summed E-state index contributed by atoms with van der Waals surface area (Å²) in [6.45, 7) is 4.30. The van der Waals surface area contributed by atoms with Crippen LogP contribution in [0, 0.1) is 18.3 Å². The van der Waals surface area contributed by atoms with Gasteiger partial charge in [0.1, 0.15) is 0 Å². The minimum atomic E-state index is -0.427. The van der Waals surface area contributed by atoms with Gasteiger partial charge >= 0.3 is 0 Å². The van der Waals surface area contributed by atoms with Gasteiger partial charge in [0.15, 0.2) is 0 Å². The molecule has 0 bridgehead atoms. The zero-order valence-electron chi connectivity index (χ0n) is 8.58. The van der Waals surface area contributed by atoms with Gasteiger partial charge in [0.25, 0.3) is 0 Å². The van der Waals surface area contributed by atoms with Gasteiger partial charge in [-0.05, 0) is 5.92 Å². The number of terminal acetylenes is 1. The predicted octanol–water partition coefficient (Wildman–Crippen LogP) is 0.451. The molecule has 2 atom stereocenters. The largest absolute Gasteiger partial charge is 0.333 e. The summed E-state index contributed by atoms with van der Waals surface area (Å²) in [5, 5.41) is 0. The number of carbonyl (C=O) groups excluding carboxylic acids is 1. The summed E-state index contributed by atoms with van der Waals surface area (Å²) in [5.41, 5.74) is 5.74. The van der Waals surface area contributed by atoms with Gasteiger partial charge < -0.3 is 10.6 Å². The molecule has 0 radical (unpaired) electrons. The molecule has 0 fully saturated rings. The molecule has 0 saturated heterocycles. The average molecular weight is 182 g/mol. The van der Waals surface area contributed by atoms with Crippen molar-refractivity contribution in [3.8, 4) is 12.3 Å². The first kappa shape index (κ1) is 12.0. The number of carbonyl (C=O) groups is 1. The number of amides is 1. The van der Waals surface area contributed by atoms with Crippen LogP contribution in [0.3, 0.4) is 0 Å². The zero-order valence-corrected chi connectivity index (χ0v) is 8.58. The fourth-order valence-electron chi connectivity index (χ4n) is 0.967. The highest BCUT2D eigenvalue weighted by Gasteiger charge is 2.21. The second-order valence-electron chi connectivity index (χ2n) is 3.31. The van der Waals surface area contributed by atoms with Crippen LogP contribution in [0.2, 0.25) is 0 Å². The average Bonchev–Trinajstić information content (AvgIpc) is 2.14. The smallest absolute Gasteiger partial charge is 0.240 e. The number of hydrogen-bond donors (Lipinski definition) is 1. The van der Waals surface area contributed by atoms with Crippen molar-refractivity contribution in [2.45, 2.75) is 26.3 Å². The minimum absolute atomic E-state index is 0.0766. The first-order valence-corrected chi connectivity index (χ1v) is 4.48. The molecule has 0 aromatic rings. The maximum absolute atomic E-state index is 11.5. The highest BCUT2D eigenvalue weighted by molar-refractivity contribution is 5.81. The zero-order chi connectivity index (χ0) is 10.4. The quantitative estimate of drug-likeness (QED) is 0.642. The lowest BCUT2D eigenvalue weighted by Gasteiger charge is -2.22. The monoisotopic (exact) mass is 182 g/mol. The summed E-state index contributed by atoms with van der Waals surface area (Å²) in [4.78, 5) is 13.0. The second kappa shape index (κ2) is 5.60. The van der Waals surface area contributed by atoms with E-state index in [1.54, 1.807) is 7.05 Å². The van der Waals surface area contributed by atoms with Crippen LogP contribution in [-0.2, 0) is 4.79 Å². The van der Waals surface area contributed by atoms with Gasteiger partial charge in [0, 0.05) is 7.05 Å². The molecule has 3 nitrogen and oxygen atoms in total. The number of nitrogens with zero attached hydrogens (tertiary/aromatic N) is 1. The minimum Gasteiger partial charge on any atom is -0.333 e. The molecule has 0 spiro atoms. The molecule has 0 aliphatic carbocycles. The highest BCUT2D eigenvalue weighted by Crippen LogP contribution is 2.07. The predicted molar refractivity (Wildman–Crippen MR) is 53.9 cm³/mol. The van der Waals surface area contributed by atoms with Crippen molar-refractivity contribution in [1.82, 2.24) is 4.90 Å². The summed E-state index contributed by atoms with van der Waals surface area (Å²) in [6.07, 6.45) is 5.99. The molecule has 0 aromatic carbocycles. The molecule has 1 amide bonds.